The molecule has 3 rings (SSSR count). The fourth-order valence-corrected chi connectivity index (χ4v) is 3.55. The van der Waals surface area contributed by atoms with E-state index < -0.39 is 11.6 Å². The maximum Gasteiger partial charge on any atom is 0.226 e. The van der Waals surface area contributed by atoms with Crippen LogP contribution in [0.4, 0.5) is 8.78 Å². The number of nitrogens with one attached hydrogen (secondary N) is 1. The molecule has 4 nitrogen and oxygen atoms in total. The van der Waals surface area contributed by atoms with Gasteiger partial charge in [-0.3, -0.25) is 9.59 Å². The predicted molar refractivity (Wildman–Crippen MR) is 85.2 cm³/mol. The number of rotatable bonds is 4. The van der Waals surface area contributed by atoms with Crippen LogP contribution >= 0.6 is 0 Å². The van der Waals surface area contributed by atoms with Crippen LogP contribution in [0.1, 0.15) is 37.7 Å². The maximum atomic E-state index is 13.8. The highest BCUT2D eigenvalue weighted by Crippen LogP contribution is 2.49. The van der Waals surface area contributed by atoms with Crippen LogP contribution in [0.2, 0.25) is 0 Å². The topological polar surface area (TPSA) is 49.4 Å². The normalized spacial score (nSPS) is 26.1. The molecule has 2 fully saturated rings. The smallest absolute Gasteiger partial charge is 0.226 e. The Morgan fingerprint density at radius 3 is 2.88 bits per heavy atom. The van der Waals surface area contributed by atoms with E-state index in [4.69, 9.17) is 0 Å². The molecule has 1 N–H and O–H groups in total. The molecule has 1 aromatic rings. The molecule has 1 aliphatic heterocycles. The van der Waals surface area contributed by atoms with E-state index in [2.05, 4.69) is 5.32 Å². The first-order valence-electron chi connectivity index (χ1n) is 8.52. The number of benzene rings is 1. The molecule has 2 amide bonds. The molecule has 3 atom stereocenters. The van der Waals surface area contributed by atoms with E-state index >= 15 is 0 Å². The van der Waals surface area contributed by atoms with Crippen LogP contribution in [0, 0.1) is 23.5 Å². The van der Waals surface area contributed by atoms with Crippen LogP contribution in [-0.2, 0) is 9.59 Å². The van der Waals surface area contributed by atoms with Gasteiger partial charge in [0.15, 0.2) is 0 Å². The summed E-state index contributed by atoms with van der Waals surface area (Å²) in [4.78, 5) is 26.3. The standard InChI is InChI=1S/C18H22F2N2O2/c1-2-21-17(23)11-4-3-7-22(10-11)18(24)15-9-13(15)14-8-12(19)5-6-16(14)20/h5-6,8,11,13,15H,2-4,7,9-10H2,1H3,(H,21,23)/t11-,13-,15-/m1/s1. The first-order chi connectivity index (χ1) is 11.5. The molecular formula is C18H22F2N2O2. The number of halogens is 2. The summed E-state index contributed by atoms with van der Waals surface area (Å²) >= 11 is 0. The number of carbonyl (C=O) groups is 2. The highest BCUT2D eigenvalue weighted by atomic mass is 19.1. The third kappa shape index (κ3) is 3.42. The molecule has 130 valence electrons. The van der Waals surface area contributed by atoms with E-state index in [-0.39, 0.29) is 35.1 Å². The van der Waals surface area contributed by atoms with Gasteiger partial charge in [0.05, 0.1) is 5.92 Å². The summed E-state index contributed by atoms with van der Waals surface area (Å²) in [5, 5.41) is 2.80. The van der Waals surface area contributed by atoms with E-state index in [0.29, 0.717) is 26.1 Å². The van der Waals surface area contributed by atoms with Gasteiger partial charge in [0, 0.05) is 25.6 Å². The number of carbonyl (C=O) groups excluding carboxylic acids is 2. The summed E-state index contributed by atoms with van der Waals surface area (Å²) in [6.45, 7) is 3.49. The molecule has 6 heteroatoms. The molecule has 1 aromatic carbocycles. The molecule has 0 spiro atoms. The van der Waals surface area contributed by atoms with Crippen molar-refractivity contribution in [1.29, 1.82) is 0 Å². The average molecular weight is 336 g/mol. The molecule has 1 aliphatic carbocycles. The first-order valence-corrected chi connectivity index (χ1v) is 8.52. The van der Waals surface area contributed by atoms with Crippen molar-refractivity contribution in [2.24, 2.45) is 11.8 Å². The largest absolute Gasteiger partial charge is 0.356 e. The van der Waals surface area contributed by atoms with Crippen LogP contribution < -0.4 is 5.32 Å². The molecule has 0 bridgehead atoms. The molecule has 1 saturated carbocycles. The Bertz CT molecular complexity index is 650. The lowest BCUT2D eigenvalue weighted by molar-refractivity contribution is -0.136. The minimum Gasteiger partial charge on any atom is -0.356 e. The monoisotopic (exact) mass is 336 g/mol. The maximum absolute atomic E-state index is 13.8. The molecule has 24 heavy (non-hydrogen) atoms. The van der Waals surface area contributed by atoms with Crippen LogP contribution in [0.15, 0.2) is 18.2 Å². The van der Waals surface area contributed by atoms with E-state index in [1.54, 1.807) is 4.90 Å². The van der Waals surface area contributed by atoms with Gasteiger partial charge < -0.3 is 10.2 Å². The molecule has 2 aliphatic rings. The Morgan fingerprint density at radius 1 is 1.33 bits per heavy atom. The average Bonchev–Trinajstić information content (AvgIpc) is 3.37. The van der Waals surface area contributed by atoms with Crippen molar-refractivity contribution in [2.45, 2.75) is 32.1 Å². The lowest BCUT2D eigenvalue weighted by Gasteiger charge is -2.32. The van der Waals surface area contributed by atoms with Gasteiger partial charge in [-0.1, -0.05) is 0 Å². The van der Waals surface area contributed by atoms with Crippen LogP contribution in [-0.4, -0.2) is 36.3 Å². The van der Waals surface area contributed by atoms with Crippen molar-refractivity contribution in [1.82, 2.24) is 10.2 Å². The van der Waals surface area contributed by atoms with E-state index in [1.807, 2.05) is 6.92 Å². The Morgan fingerprint density at radius 2 is 2.12 bits per heavy atom. The summed E-state index contributed by atoms with van der Waals surface area (Å²) in [6.07, 6.45) is 2.11. The fraction of sp³-hybridized carbons (Fsp3) is 0.556. The van der Waals surface area contributed by atoms with E-state index in [0.717, 1.165) is 25.0 Å². The van der Waals surface area contributed by atoms with Crippen molar-refractivity contribution in [2.75, 3.05) is 19.6 Å². The second-order valence-corrected chi connectivity index (χ2v) is 6.63. The van der Waals surface area contributed by atoms with Gasteiger partial charge in [-0.15, -0.1) is 0 Å². The summed E-state index contributed by atoms with van der Waals surface area (Å²) in [7, 11) is 0. The Balaban J connectivity index is 1.63. The lowest BCUT2D eigenvalue weighted by atomic mass is 9.96. The highest BCUT2D eigenvalue weighted by Gasteiger charge is 2.47. The van der Waals surface area contributed by atoms with Gasteiger partial charge in [-0.25, -0.2) is 8.78 Å². The van der Waals surface area contributed by atoms with Crippen molar-refractivity contribution in [3.63, 3.8) is 0 Å². The number of hydrogen-bond acceptors (Lipinski definition) is 2. The molecule has 0 unspecified atom stereocenters. The van der Waals surface area contributed by atoms with E-state index in [1.165, 1.54) is 6.07 Å². The molecular weight excluding hydrogens is 314 g/mol. The molecule has 0 aromatic heterocycles. The predicted octanol–water partition coefficient (Wildman–Crippen LogP) is 2.44. The van der Waals surface area contributed by atoms with Gasteiger partial charge >= 0.3 is 0 Å². The third-order valence-corrected chi connectivity index (χ3v) is 4.92. The quantitative estimate of drug-likeness (QED) is 0.918. The second kappa shape index (κ2) is 6.87. The zero-order valence-corrected chi connectivity index (χ0v) is 13.7. The summed E-state index contributed by atoms with van der Waals surface area (Å²) in [5.41, 5.74) is 0.283. The Kier molecular flexibility index (Phi) is 4.83. The number of amides is 2. The summed E-state index contributed by atoms with van der Waals surface area (Å²) < 4.78 is 27.2. The van der Waals surface area contributed by atoms with Crippen molar-refractivity contribution in [3.8, 4) is 0 Å². The van der Waals surface area contributed by atoms with Gasteiger partial charge in [0.25, 0.3) is 0 Å². The zero-order chi connectivity index (χ0) is 17.3. The van der Waals surface area contributed by atoms with Gasteiger partial charge in [0.2, 0.25) is 11.8 Å². The summed E-state index contributed by atoms with van der Waals surface area (Å²) in [6, 6.07) is 3.37. The van der Waals surface area contributed by atoms with Gasteiger partial charge in [-0.05, 0) is 55.9 Å². The second-order valence-electron chi connectivity index (χ2n) is 6.63. The molecule has 1 heterocycles. The number of piperidine rings is 1. The number of likely N-dealkylation sites (tertiary alicyclic amines) is 1. The van der Waals surface area contributed by atoms with Crippen molar-refractivity contribution >= 4 is 11.8 Å². The van der Waals surface area contributed by atoms with Crippen molar-refractivity contribution in [3.05, 3.63) is 35.4 Å². The van der Waals surface area contributed by atoms with Gasteiger partial charge in [0.1, 0.15) is 11.6 Å². The number of hydrogen-bond donors (Lipinski definition) is 1. The summed E-state index contributed by atoms with van der Waals surface area (Å²) in [5.74, 6) is -1.73. The number of nitrogens with zero attached hydrogens (tertiary/aromatic N) is 1. The third-order valence-electron chi connectivity index (χ3n) is 4.92. The van der Waals surface area contributed by atoms with Crippen LogP contribution in [0.3, 0.4) is 0 Å². The highest BCUT2D eigenvalue weighted by molar-refractivity contribution is 5.85. The minimum absolute atomic E-state index is 0.0153. The molecule has 0 radical (unpaired) electrons. The lowest BCUT2D eigenvalue weighted by Crippen LogP contribution is -2.46. The van der Waals surface area contributed by atoms with E-state index in [9.17, 15) is 18.4 Å². The van der Waals surface area contributed by atoms with Gasteiger partial charge in [-0.2, -0.15) is 0 Å². The minimum atomic E-state index is -0.487. The van der Waals surface area contributed by atoms with Crippen LogP contribution in [0.25, 0.3) is 0 Å². The van der Waals surface area contributed by atoms with Crippen LogP contribution in [0.5, 0.6) is 0 Å². The Hall–Kier alpha value is -1.98. The Labute approximate surface area is 140 Å². The van der Waals surface area contributed by atoms with Crippen molar-refractivity contribution < 1.29 is 18.4 Å². The molecule has 1 saturated heterocycles. The fourth-order valence-electron chi connectivity index (χ4n) is 3.55. The first kappa shape index (κ1) is 16.9. The zero-order valence-electron chi connectivity index (χ0n) is 13.7. The SMILES string of the molecule is CCNC(=O)[C@@H]1CCCN(C(=O)[C@@H]2C[C@@H]2c2cc(F)ccc2F)C1.